The number of aromatic hydroxyl groups is 1. The van der Waals surface area contributed by atoms with E-state index in [-0.39, 0.29) is 52.8 Å². The van der Waals surface area contributed by atoms with Crippen LogP contribution in [0.2, 0.25) is 0 Å². The summed E-state index contributed by atoms with van der Waals surface area (Å²) in [4.78, 5) is 21.7. The van der Waals surface area contributed by atoms with E-state index in [1.54, 1.807) is 29.3 Å². The largest absolute Gasteiger partial charge is 0.505 e. The van der Waals surface area contributed by atoms with Crippen LogP contribution < -0.4 is 25.0 Å². The van der Waals surface area contributed by atoms with Gasteiger partial charge in [0.2, 0.25) is 6.79 Å². The molecule has 6 rings (SSSR count). The van der Waals surface area contributed by atoms with E-state index in [0.717, 1.165) is 11.4 Å². The fraction of sp³-hybridized carbons (Fsp3) is 0.333. The van der Waals surface area contributed by atoms with Gasteiger partial charge in [0.25, 0.3) is 17.1 Å². The predicted molar refractivity (Wildman–Crippen MR) is 165 cm³/mol. The second-order valence-electron chi connectivity index (χ2n) is 11.5. The van der Waals surface area contributed by atoms with Crippen molar-refractivity contribution in [1.29, 1.82) is 0 Å². The van der Waals surface area contributed by atoms with Gasteiger partial charge in [-0.1, -0.05) is 39.0 Å². The number of hydrogen-bond acceptors (Lipinski definition) is 9. The second-order valence-corrected chi connectivity index (χ2v) is 12.3. The van der Waals surface area contributed by atoms with Gasteiger partial charge in [-0.3, -0.25) is 4.79 Å². The Kier molecular flexibility index (Phi) is 7.65. The van der Waals surface area contributed by atoms with Gasteiger partial charge in [-0.25, -0.2) is 9.19 Å². The summed E-state index contributed by atoms with van der Waals surface area (Å²) in [5.41, 5.74) is 1.05. The fourth-order valence-electron chi connectivity index (χ4n) is 5.26. The van der Waals surface area contributed by atoms with Crippen LogP contribution in [0.15, 0.2) is 69.6 Å². The van der Waals surface area contributed by atoms with Crippen molar-refractivity contribution in [3.63, 3.8) is 0 Å². The predicted octanol–water partition coefficient (Wildman–Crippen LogP) is 3.66. The summed E-state index contributed by atoms with van der Waals surface area (Å²) in [5.74, 6) is 2.18. The average molecular weight is 604 g/mol. The molecule has 1 unspecified atom stereocenters. The summed E-state index contributed by atoms with van der Waals surface area (Å²) in [5, 5.41) is 17.6. The van der Waals surface area contributed by atoms with Crippen molar-refractivity contribution in [2.24, 2.45) is 14.2 Å². The first-order chi connectivity index (χ1) is 20.7. The molecule has 3 N–H and O–H groups in total. The lowest BCUT2D eigenvalue weighted by Gasteiger charge is -2.35. The zero-order chi connectivity index (χ0) is 30.1. The monoisotopic (exact) mass is 603 g/mol. The van der Waals surface area contributed by atoms with E-state index in [1.807, 2.05) is 36.4 Å². The Hall–Kier alpha value is -4.65. The normalized spacial score (nSPS) is 18.6. The topological polar surface area (TPSA) is 141 Å². The lowest BCUT2D eigenvalue weighted by molar-refractivity contribution is 0.0743. The molecule has 1 aromatic heterocycles. The Balaban J connectivity index is 1.17. The van der Waals surface area contributed by atoms with Crippen molar-refractivity contribution in [2.45, 2.75) is 26.8 Å². The van der Waals surface area contributed by atoms with E-state index in [1.165, 1.54) is 0 Å². The fourth-order valence-corrected chi connectivity index (χ4v) is 5.89. The van der Waals surface area contributed by atoms with E-state index in [9.17, 15) is 14.1 Å². The van der Waals surface area contributed by atoms with Crippen LogP contribution in [-0.4, -0.2) is 69.7 Å². The molecule has 43 heavy (non-hydrogen) atoms. The molecule has 0 saturated carbocycles. The number of phenolic OH excluding ortho intramolecular Hbond substituents is 1. The maximum absolute atomic E-state index is 13.4. The van der Waals surface area contributed by atoms with Crippen molar-refractivity contribution in [1.82, 2.24) is 15.2 Å². The number of piperazine rings is 1. The van der Waals surface area contributed by atoms with Gasteiger partial charge in [0, 0.05) is 32.4 Å². The molecule has 0 radical (unpaired) electrons. The molecular formula is C30H33N7O5S. The molecule has 2 aromatic carbocycles. The molecule has 1 amide bonds. The quantitative estimate of drug-likeness (QED) is 0.373. The Bertz CT molecular complexity index is 1610. The van der Waals surface area contributed by atoms with Gasteiger partial charge in [0.1, 0.15) is 5.82 Å². The van der Waals surface area contributed by atoms with Crippen LogP contribution in [0.3, 0.4) is 0 Å². The van der Waals surface area contributed by atoms with Crippen LogP contribution in [0.4, 0.5) is 11.5 Å². The first-order valence-electron chi connectivity index (χ1n) is 14.0. The minimum atomic E-state index is -1.86. The summed E-state index contributed by atoms with van der Waals surface area (Å²) >= 11 is -1.86. The molecule has 2 atom stereocenters. The molecule has 0 aliphatic carbocycles. The van der Waals surface area contributed by atoms with Crippen LogP contribution in [0.5, 0.6) is 17.2 Å². The van der Waals surface area contributed by atoms with Crippen molar-refractivity contribution in [2.75, 3.05) is 43.2 Å². The van der Waals surface area contributed by atoms with Gasteiger partial charge >= 0.3 is 0 Å². The zero-order valence-corrected chi connectivity index (χ0v) is 24.9. The molecule has 4 heterocycles. The maximum Gasteiger partial charge on any atom is 0.269 e. The summed E-state index contributed by atoms with van der Waals surface area (Å²) in [6.07, 6.45) is 1.75. The smallest absolute Gasteiger partial charge is 0.269 e. The number of carbonyl (C=O) groups excluding carboxylic acids is 1. The standard InChI is InChI=1S/C30H33N7O5S/c1-30(2,3)26(19-10-11-22-23(17-19)42-18-41-22)33-28-27(34-43(40)35-28)32-21-8-6-7-20(25(21)38)29(39)37-15-13-36(14-16-37)24-9-4-5-12-31-24/h4-12,17,26,38H,13-16,18H2,1-3H3,(H,32,34)(H,33,35)/t26-,43?/m0/s1. The summed E-state index contributed by atoms with van der Waals surface area (Å²) in [6.45, 7) is 8.64. The number of benzene rings is 2. The van der Waals surface area contributed by atoms with Crippen LogP contribution in [0.25, 0.3) is 0 Å². The van der Waals surface area contributed by atoms with Gasteiger partial charge in [0.05, 0.1) is 17.3 Å². The number of rotatable bonds is 5. The van der Waals surface area contributed by atoms with Gasteiger partial charge in [0.15, 0.2) is 28.9 Å². The highest BCUT2D eigenvalue weighted by Crippen LogP contribution is 2.39. The van der Waals surface area contributed by atoms with Crippen molar-refractivity contribution < 1.29 is 23.6 Å². The Morgan fingerprint density at radius 3 is 2.49 bits per heavy atom. The number of hydrogen-bond donors (Lipinski definition) is 3. The molecule has 3 aromatic rings. The van der Waals surface area contributed by atoms with Crippen molar-refractivity contribution >= 4 is 40.3 Å². The van der Waals surface area contributed by atoms with Crippen molar-refractivity contribution in [3.8, 4) is 17.2 Å². The van der Waals surface area contributed by atoms with Crippen LogP contribution >= 0.6 is 0 Å². The molecule has 3 aliphatic rings. The number of ether oxygens (including phenoxy) is 2. The number of phenols is 1. The minimum absolute atomic E-state index is 0.162. The van der Waals surface area contributed by atoms with Gasteiger partial charge < -0.3 is 35.0 Å². The number of fused-ring (bicyclic) bond motifs is 1. The van der Waals surface area contributed by atoms with Gasteiger partial charge in [-0.15, -0.1) is 8.80 Å². The second kappa shape index (κ2) is 11.6. The molecule has 12 nitrogen and oxygen atoms in total. The number of amidine groups is 2. The Morgan fingerprint density at radius 2 is 1.74 bits per heavy atom. The molecule has 3 aliphatic heterocycles. The highest BCUT2D eigenvalue weighted by Gasteiger charge is 2.33. The Morgan fingerprint density at radius 1 is 0.977 bits per heavy atom. The SMILES string of the molecule is CC(C)(C)[C@@H](NC1=NS(=O)N=C1Nc1cccc(C(=O)N2CCN(c3ccccn3)CC2)c1O)c1ccc2c(c1)OCO2. The highest BCUT2D eigenvalue weighted by atomic mass is 32.2. The molecule has 224 valence electrons. The molecule has 1 fully saturated rings. The summed E-state index contributed by atoms with van der Waals surface area (Å²) in [6, 6.07) is 16.1. The summed E-state index contributed by atoms with van der Waals surface area (Å²) < 4.78 is 31.8. The lowest BCUT2D eigenvalue weighted by atomic mass is 9.82. The third-order valence-electron chi connectivity index (χ3n) is 7.50. The van der Waals surface area contributed by atoms with Crippen LogP contribution in [0.1, 0.15) is 42.7 Å². The number of anilines is 2. The number of amides is 1. The first kappa shape index (κ1) is 28.5. The summed E-state index contributed by atoms with van der Waals surface area (Å²) in [7, 11) is 0. The van der Waals surface area contributed by atoms with E-state index in [4.69, 9.17) is 9.47 Å². The minimum Gasteiger partial charge on any atom is -0.505 e. The molecule has 13 heteroatoms. The van der Waals surface area contributed by atoms with E-state index < -0.39 is 11.2 Å². The number of nitrogens with one attached hydrogen (secondary N) is 2. The highest BCUT2D eigenvalue weighted by molar-refractivity contribution is 7.83. The van der Waals surface area contributed by atoms with E-state index in [2.05, 4.69) is 50.1 Å². The number of carbonyl (C=O) groups is 1. The Labute approximate surface area is 252 Å². The third-order valence-corrected chi connectivity index (χ3v) is 8.18. The average Bonchev–Trinajstić information content (AvgIpc) is 3.61. The van der Waals surface area contributed by atoms with Gasteiger partial charge in [-0.2, -0.15) is 0 Å². The molecule has 0 spiro atoms. The number of pyridine rings is 1. The number of nitrogens with zero attached hydrogens (tertiary/aromatic N) is 5. The van der Waals surface area contributed by atoms with Crippen molar-refractivity contribution in [3.05, 3.63) is 71.9 Å². The van der Waals surface area contributed by atoms with Gasteiger partial charge in [-0.05, 0) is 47.4 Å². The molecule has 1 saturated heterocycles. The lowest BCUT2D eigenvalue weighted by Crippen LogP contribution is -2.49. The number of aromatic nitrogens is 1. The van der Waals surface area contributed by atoms with E-state index in [0.29, 0.717) is 37.7 Å². The number of para-hydroxylation sites is 1. The maximum atomic E-state index is 13.4. The zero-order valence-electron chi connectivity index (χ0n) is 24.1. The van der Waals surface area contributed by atoms with E-state index >= 15 is 0 Å². The molecular weight excluding hydrogens is 570 g/mol. The molecule has 0 bridgehead atoms. The van der Waals surface area contributed by atoms with Crippen LogP contribution in [0, 0.1) is 5.41 Å². The third kappa shape index (κ3) is 5.98. The first-order valence-corrected chi connectivity index (χ1v) is 15.0. The van der Waals surface area contributed by atoms with Crippen LogP contribution in [-0.2, 0) is 11.2 Å².